The van der Waals surface area contributed by atoms with Crippen LogP contribution in [0.4, 0.5) is 5.13 Å². The number of nitrogens with zero attached hydrogens (tertiary/aromatic N) is 2. The van der Waals surface area contributed by atoms with Gasteiger partial charge in [0.2, 0.25) is 5.91 Å². The fraction of sp³-hybridized carbons (Fsp3) is 0.188. The van der Waals surface area contributed by atoms with Crippen LogP contribution in [0.25, 0.3) is 11.3 Å². The lowest BCUT2D eigenvalue weighted by atomic mass is 10.2. The lowest BCUT2D eigenvalue weighted by molar-refractivity contribution is -0.116. The van der Waals surface area contributed by atoms with Gasteiger partial charge in [-0.3, -0.25) is 9.59 Å². The first kappa shape index (κ1) is 16.9. The molecule has 0 radical (unpaired) electrons. The van der Waals surface area contributed by atoms with Crippen LogP contribution in [0.2, 0.25) is 5.02 Å². The van der Waals surface area contributed by atoms with Crippen molar-refractivity contribution in [3.05, 3.63) is 55.4 Å². The zero-order valence-corrected chi connectivity index (χ0v) is 15.2. The van der Waals surface area contributed by atoms with E-state index in [4.69, 9.17) is 11.6 Å². The van der Waals surface area contributed by atoms with E-state index in [-0.39, 0.29) is 17.2 Å². The fourth-order valence-corrected chi connectivity index (χ4v) is 3.91. The van der Waals surface area contributed by atoms with Crippen LogP contribution in [0.15, 0.2) is 39.8 Å². The number of benzene rings is 1. The number of halogens is 1. The molecule has 0 saturated carbocycles. The monoisotopic (exact) mass is 379 g/mol. The number of aryl methyl sites for hydroxylation is 1. The van der Waals surface area contributed by atoms with E-state index in [0.717, 1.165) is 28.3 Å². The molecular formula is C16H14ClN3O2S2. The molecule has 2 aromatic heterocycles. The van der Waals surface area contributed by atoms with Crippen molar-refractivity contribution in [2.24, 2.45) is 0 Å². The van der Waals surface area contributed by atoms with Gasteiger partial charge in [0.05, 0.1) is 5.69 Å². The Hall–Kier alpha value is -1.96. The first-order valence-corrected chi connectivity index (χ1v) is 9.33. The highest BCUT2D eigenvalue weighted by atomic mass is 35.5. The number of hydrogen-bond acceptors (Lipinski definition) is 5. The number of thiazole rings is 2. The molecule has 0 atom stereocenters. The normalized spacial score (nSPS) is 10.8. The van der Waals surface area contributed by atoms with Gasteiger partial charge in [0.15, 0.2) is 5.13 Å². The predicted molar refractivity (Wildman–Crippen MR) is 99.1 cm³/mol. The lowest BCUT2D eigenvalue weighted by Gasteiger charge is -2.04. The van der Waals surface area contributed by atoms with Crippen molar-refractivity contribution < 1.29 is 4.79 Å². The maximum atomic E-state index is 12.1. The van der Waals surface area contributed by atoms with E-state index in [9.17, 15) is 9.59 Å². The quantitative estimate of drug-likeness (QED) is 0.728. The Morgan fingerprint density at radius 2 is 2.08 bits per heavy atom. The third-order valence-corrected chi connectivity index (χ3v) is 5.41. The third kappa shape index (κ3) is 3.75. The van der Waals surface area contributed by atoms with E-state index in [2.05, 4.69) is 10.3 Å². The third-order valence-electron chi connectivity index (χ3n) is 3.44. The molecule has 0 spiro atoms. The van der Waals surface area contributed by atoms with Crippen LogP contribution in [0.1, 0.15) is 12.1 Å². The van der Waals surface area contributed by atoms with Crippen LogP contribution in [0.5, 0.6) is 0 Å². The van der Waals surface area contributed by atoms with Crippen LogP contribution in [0.3, 0.4) is 0 Å². The minimum atomic E-state index is -0.174. The second-order valence-corrected chi connectivity index (χ2v) is 7.20. The molecule has 0 aliphatic carbocycles. The van der Waals surface area contributed by atoms with Gasteiger partial charge in [-0.2, -0.15) is 0 Å². The molecule has 0 aliphatic heterocycles. The van der Waals surface area contributed by atoms with Gasteiger partial charge in [0.25, 0.3) is 0 Å². The summed E-state index contributed by atoms with van der Waals surface area (Å²) in [6.45, 7) is 2.22. The molecule has 3 rings (SSSR count). The van der Waals surface area contributed by atoms with Gasteiger partial charge in [-0.05, 0) is 13.0 Å². The largest absolute Gasteiger partial charge is 0.307 e. The Bertz CT molecular complexity index is 929. The van der Waals surface area contributed by atoms with Crippen LogP contribution >= 0.6 is 34.3 Å². The van der Waals surface area contributed by atoms with Gasteiger partial charge in [0, 0.05) is 40.0 Å². The van der Waals surface area contributed by atoms with Crippen molar-refractivity contribution in [1.82, 2.24) is 9.55 Å². The van der Waals surface area contributed by atoms with Crippen molar-refractivity contribution in [3.63, 3.8) is 0 Å². The highest BCUT2D eigenvalue weighted by Crippen LogP contribution is 2.30. The SMILES string of the molecule is Cc1csc(=O)n1CCC(=O)Nc1nc(-c2ccccc2Cl)cs1. The summed E-state index contributed by atoms with van der Waals surface area (Å²) in [6.07, 6.45) is 0.221. The van der Waals surface area contributed by atoms with Gasteiger partial charge < -0.3 is 9.88 Å². The van der Waals surface area contributed by atoms with Crippen LogP contribution in [-0.2, 0) is 11.3 Å². The number of rotatable bonds is 5. The van der Waals surface area contributed by atoms with Gasteiger partial charge in [-0.1, -0.05) is 41.1 Å². The molecule has 5 nitrogen and oxygen atoms in total. The molecule has 0 fully saturated rings. The number of hydrogen-bond donors (Lipinski definition) is 1. The molecule has 1 N–H and O–H groups in total. The Balaban J connectivity index is 1.64. The van der Waals surface area contributed by atoms with Gasteiger partial charge in [-0.15, -0.1) is 11.3 Å². The molecular weight excluding hydrogens is 366 g/mol. The molecule has 3 aromatic rings. The Labute approximate surface area is 151 Å². The second-order valence-electron chi connectivity index (χ2n) is 5.11. The van der Waals surface area contributed by atoms with E-state index >= 15 is 0 Å². The van der Waals surface area contributed by atoms with Crippen molar-refractivity contribution in [2.45, 2.75) is 19.9 Å². The van der Waals surface area contributed by atoms with E-state index in [1.54, 1.807) is 16.0 Å². The second kappa shape index (κ2) is 7.29. The molecule has 124 valence electrons. The van der Waals surface area contributed by atoms with Crippen molar-refractivity contribution in [3.8, 4) is 11.3 Å². The average Bonchev–Trinajstić information content (AvgIpc) is 3.13. The molecule has 0 aliphatic rings. The average molecular weight is 380 g/mol. The van der Waals surface area contributed by atoms with E-state index in [1.165, 1.54) is 11.3 Å². The summed E-state index contributed by atoms with van der Waals surface area (Å²) in [5, 5.41) is 7.54. The molecule has 0 unspecified atom stereocenters. The molecule has 24 heavy (non-hydrogen) atoms. The topological polar surface area (TPSA) is 64.0 Å². The molecule has 1 aromatic carbocycles. The van der Waals surface area contributed by atoms with Crippen LogP contribution in [-0.4, -0.2) is 15.5 Å². The summed E-state index contributed by atoms with van der Waals surface area (Å²) in [7, 11) is 0. The first-order valence-electron chi connectivity index (χ1n) is 7.20. The summed E-state index contributed by atoms with van der Waals surface area (Å²) >= 11 is 8.64. The molecule has 0 saturated heterocycles. The number of amides is 1. The van der Waals surface area contributed by atoms with Gasteiger partial charge >= 0.3 is 4.87 Å². The van der Waals surface area contributed by atoms with Crippen molar-refractivity contribution >= 4 is 45.3 Å². The number of nitrogens with one attached hydrogen (secondary N) is 1. The van der Waals surface area contributed by atoms with Crippen LogP contribution < -0.4 is 10.2 Å². The molecule has 1 amide bonds. The smallest absolute Gasteiger partial charge is 0.303 e. The van der Waals surface area contributed by atoms with Crippen molar-refractivity contribution in [1.29, 1.82) is 0 Å². The Morgan fingerprint density at radius 3 is 2.79 bits per heavy atom. The number of aromatic nitrogens is 2. The van der Waals surface area contributed by atoms with Gasteiger partial charge in [0.1, 0.15) is 0 Å². The fourth-order valence-electron chi connectivity index (χ4n) is 2.19. The molecule has 0 bridgehead atoms. The number of anilines is 1. The van der Waals surface area contributed by atoms with Crippen molar-refractivity contribution in [2.75, 3.05) is 5.32 Å². The maximum Gasteiger partial charge on any atom is 0.307 e. The highest BCUT2D eigenvalue weighted by molar-refractivity contribution is 7.14. The summed E-state index contributed by atoms with van der Waals surface area (Å²) in [4.78, 5) is 28.0. The van der Waals surface area contributed by atoms with Crippen LogP contribution in [0, 0.1) is 6.92 Å². The highest BCUT2D eigenvalue weighted by Gasteiger charge is 2.11. The summed E-state index contributed by atoms with van der Waals surface area (Å²) < 4.78 is 1.60. The number of carbonyl (C=O) groups is 1. The zero-order valence-electron chi connectivity index (χ0n) is 12.8. The minimum Gasteiger partial charge on any atom is -0.303 e. The van der Waals surface area contributed by atoms with E-state index in [0.29, 0.717) is 16.7 Å². The molecule has 2 heterocycles. The van der Waals surface area contributed by atoms with E-state index < -0.39 is 0 Å². The van der Waals surface area contributed by atoms with E-state index in [1.807, 2.05) is 30.5 Å². The standard InChI is InChI=1S/C16H14ClN3O2S2/c1-10-8-24-16(22)20(10)7-6-14(21)19-15-18-13(9-23-15)11-4-2-3-5-12(11)17/h2-5,8-9H,6-7H2,1H3,(H,18,19,21). The Morgan fingerprint density at radius 1 is 1.29 bits per heavy atom. The summed E-state index contributed by atoms with van der Waals surface area (Å²) in [6, 6.07) is 7.43. The molecule has 8 heteroatoms. The zero-order chi connectivity index (χ0) is 17.1. The van der Waals surface area contributed by atoms with Gasteiger partial charge in [-0.25, -0.2) is 4.98 Å². The number of carbonyl (C=O) groups excluding carboxylic acids is 1. The minimum absolute atomic E-state index is 0.0458. The maximum absolute atomic E-state index is 12.1. The first-order chi connectivity index (χ1) is 11.5. The lowest BCUT2D eigenvalue weighted by Crippen LogP contribution is -2.20. The predicted octanol–water partition coefficient (Wildman–Crippen LogP) is 4.02. The Kier molecular flexibility index (Phi) is 5.13. The summed E-state index contributed by atoms with van der Waals surface area (Å²) in [5.41, 5.74) is 2.43. The summed E-state index contributed by atoms with van der Waals surface area (Å²) in [5.74, 6) is -0.174.